The lowest BCUT2D eigenvalue weighted by Crippen LogP contribution is -2.19. The lowest BCUT2D eigenvalue weighted by Gasteiger charge is -2.17. The fourth-order valence-electron chi connectivity index (χ4n) is 3.30. The van der Waals surface area contributed by atoms with Crippen LogP contribution in [0.3, 0.4) is 0 Å². The second-order valence-corrected chi connectivity index (χ2v) is 6.73. The number of nitrogens with zero attached hydrogens (tertiary/aromatic N) is 1. The SMILES string of the molecule is [2H]C([2H])([2H])N(C)CCOc1ccc(/C(=C(\CC)c2ccccc2)c2ccccc2)cc1. The van der Waals surface area contributed by atoms with E-state index in [0.717, 1.165) is 17.7 Å². The number of allylic oxidation sites excluding steroid dienone is 1. The van der Waals surface area contributed by atoms with Gasteiger partial charge in [0.05, 0.1) is 0 Å². The molecule has 0 unspecified atom stereocenters. The van der Waals surface area contributed by atoms with Gasteiger partial charge in [-0.3, -0.25) is 0 Å². The minimum absolute atomic E-state index is 0.319. The molecule has 2 nitrogen and oxygen atoms in total. The minimum atomic E-state index is -2.10. The first-order chi connectivity index (χ1) is 14.9. The van der Waals surface area contributed by atoms with E-state index in [9.17, 15) is 0 Å². The summed E-state index contributed by atoms with van der Waals surface area (Å²) < 4.78 is 28.0. The molecule has 0 bridgehead atoms. The van der Waals surface area contributed by atoms with Crippen molar-refractivity contribution in [1.29, 1.82) is 0 Å². The molecular weight excluding hydrogens is 342 g/mol. The first-order valence-electron chi connectivity index (χ1n) is 11.2. The molecule has 0 saturated carbocycles. The lowest BCUT2D eigenvalue weighted by molar-refractivity contribution is 0.261. The molecule has 0 aliphatic heterocycles. The predicted octanol–water partition coefficient (Wildman–Crippen LogP) is 6.00. The van der Waals surface area contributed by atoms with Gasteiger partial charge in [0.2, 0.25) is 0 Å². The summed E-state index contributed by atoms with van der Waals surface area (Å²) in [5.74, 6) is 0.730. The van der Waals surface area contributed by atoms with Crippen molar-refractivity contribution < 1.29 is 8.85 Å². The van der Waals surface area contributed by atoms with E-state index in [1.54, 1.807) is 7.05 Å². The molecule has 0 aliphatic rings. The molecule has 3 aromatic rings. The lowest BCUT2D eigenvalue weighted by atomic mass is 9.88. The van der Waals surface area contributed by atoms with E-state index < -0.39 is 6.98 Å². The first kappa shape index (κ1) is 16.1. The summed E-state index contributed by atoms with van der Waals surface area (Å²) in [4.78, 5) is 1.31. The van der Waals surface area contributed by atoms with Crippen molar-refractivity contribution in [1.82, 2.24) is 4.90 Å². The molecule has 144 valence electrons. The van der Waals surface area contributed by atoms with Crippen molar-refractivity contribution in [2.24, 2.45) is 0 Å². The van der Waals surface area contributed by atoms with Crippen LogP contribution < -0.4 is 4.74 Å². The van der Waals surface area contributed by atoms with Crippen molar-refractivity contribution in [3.63, 3.8) is 0 Å². The third-order valence-corrected chi connectivity index (χ3v) is 4.68. The van der Waals surface area contributed by atoms with Crippen molar-refractivity contribution >= 4 is 11.1 Å². The Labute approximate surface area is 173 Å². The predicted molar refractivity (Wildman–Crippen MR) is 120 cm³/mol. The maximum atomic E-state index is 7.41. The third-order valence-electron chi connectivity index (χ3n) is 4.68. The number of hydrogen-bond donors (Lipinski definition) is 0. The summed E-state index contributed by atoms with van der Waals surface area (Å²) in [5.41, 5.74) is 6.02. The molecule has 0 fully saturated rings. The molecule has 3 rings (SSSR count). The molecule has 0 aliphatic carbocycles. The maximum Gasteiger partial charge on any atom is 0.119 e. The summed E-state index contributed by atoms with van der Waals surface area (Å²) >= 11 is 0. The van der Waals surface area contributed by atoms with Gasteiger partial charge < -0.3 is 9.64 Å². The second-order valence-electron chi connectivity index (χ2n) is 6.73. The number of likely N-dealkylation sites (N-methyl/N-ethyl adjacent to an activating group) is 1. The quantitative estimate of drug-likeness (QED) is 0.449. The molecule has 28 heavy (non-hydrogen) atoms. The molecular formula is C26H29NO. The topological polar surface area (TPSA) is 12.5 Å². The highest BCUT2D eigenvalue weighted by Crippen LogP contribution is 2.34. The van der Waals surface area contributed by atoms with Gasteiger partial charge in [-0.1, -0.05) is 79.7 Å². The van der Waals surface area contributed by atoms with Gasteiger partial charge in [-0.2, -0.15) is 0 Å². The molecule has 0 radical (unpaired) electrons. The summed E-state index contributed by atoms with van der Waals surface area (Å²) in [6.07, 6.45) is 0.911. The Morgan fingerprint density at radius 2 is 1.39 bits per heavy atom. The van der Waals surface area contributed by atoms with E-state index in [-0.39, 0.29) is 0 Å². The van der Waals surface area contributed by atoms with Gasteiger partial charge in [-0.15, -0.1) is 0 Å². The van der Waals surface area contributed by atoms with Crippen LogP contribution in [0.15, 0.2) is 84.9 Å². The first-order valence-corrected chi connectivity index (χ1v) is 9.68. The highest BCUT2D eigenvalue weighted by atomic mass is 16.5. The van der Waals surface area contributed by atoms with E-state index in [0.29, 0.717) is 13.2 Å². The second kappa shape index (κ2) is 9.91. The van der Waals surface area contributed by atoms with E-state index in [4.69, 9.17) is 8.85 Å². The number of benzene rings is 3. The van der Waals surface area contributed by atoms with Crippen LogP contribution in [-0.2, 0) is 0 Å². The van der Waals surface area contributed by atoms with Crippen LogP contribution in [0, 0.1) is 0 Å². The number of ether oxygens (including phenoxy) is 1. The van der Waals surface area contributed by atoms with E-state index in [1.165, 1.54) is 27.2 Å². The van der Waals surface area contributed by atoms with Gasteiger partial charge in [0.15, 0.2) is 0 Å². The van der Waals surface area contributed by atoms with E-state index in [2.05, 4.69) is 67.6 Å². The number of rotatable bonds is 8. The Bertz CT molecular complexity index is 981. The van der Waals surface area contributed by atoms with Crippen molar-refractivity contribution in [2.45, 2.75) is 13.3 Å². The Balaban J connectivity index is 1.88. The summed E-state index contributed by atoms with van der Waals surface area (Å²) in [5, 5.41) is 0. The Hall–Kier alpha value is -2.84. The molecule has 3 aromatic carbocycles. The minimum Gasteiger partial charge on any atom is -0.492 e. The van der Waals surface area contributed by atoms with Gasteiger partial charge in [0.25, 0.3) is 0 Å². The van der Waals surface area contributed by atoms with Crippen molar-refractivity contribution in [3.8, 4) is 5.75 Å². The van der Waals surface area contributed by atoms with Crippen molar-refractivity contribution in [2.75, 3.05) is 27.2 Å². The van der Waals surface area contributed by atoms with E-state index >= 15 is 0 Å². The standard InChI is InChI=1S/C26H29NO/c1-4-25(21-11-7-5-8-12-21)26(22-13-9-6-10-14-22)23-15-17-24(18-16-23)28-20-19-27(2)3/h5-18H,4,19-20H2,1-3H3/b26-25+/i2D3. The molecule has 2 heteroatoms. The van der Waals surface area contributed by atoms with Crippen LogP contribution in [0.2, 0.25) is 0 Å². The van der Waals surface area contributed by atoms with Crippen LogP contribution in [0.5, 0.6) is 5.75 Å². The van der Waals surface area contributed by atoms with Gasteiger partial charge in [0.1, 0.15) is 12.4 Å². The van der Waals surface area contributed by atoms with Crippen LogP contribution in [0.4, 0.5) is 0 Å². The zero-order valence-electron chi connectivity index (χ0n) is 19.6. The van der Waals surface area contributed by atoms with Gasteiger partial charge in [-0.25, -0.2) is 0 Å². The Kier molecular flexibility index (Phi) is 5.71. The van der Waals surface area contributed by atoms with Gasteiger partial charge >= 0.3 is 0 Å². The zero-order chi connectivity index (χ0) is 22.3. The summed E-state index contributed by atoms with van der Waals surface area (Å²) in [7, 11) is 1.58. The van der Waals surface area contributed by atoms with Gasteiger partial charge in [0, 0.05) is 10.7 Å². The Morgan fingerprint density at radius 3 is 1.96 bits per heavy atom. The number of hydrogen-bond acceptors (Lipinski definition) is 2. The third kappa shape index (κ3) is 5.11. The van der Waals surface area contributed by atoms with E-state index in [1.807, 2.05) is 24.3 Å². The highest BCUT2D eigenvalue weighted by molar-refractivity contribution is 5.98. The Morgan fingerprint density at radius 1 is 0.821 bits per heavy atom. The molecule has 0 N–H and O–H groups in total. The fourth-order valence-corrected chi connectivity index (χ4v) is 3.30. The highest BCUT2D eigenvalue weighted by Gasteiger charge is 2.12. The average molecular weight is 375 g/mol. The normalized spacial score (nSPS) is 14.0. The smallest absolute Gasteiger partial charge is 0.119 e. The fraction of sp³-hybridized carbons (Fsp3) is 0.231. The average Bonchev–Trinajstić information content (AvgIpc) is 2.78. The molecule has 0 aromatic heterocycles. The molecule has 0 amide bonds. The van der Waals surface area contributed by atoms with Crippen LogP contribution in [-0.4, -0.2) is 32.1 Å². The van der Waals surface area contributed by atoms with Crippen LogP contribution >= 0.6 is 0 Å². The van der Waals surface area contributed by atoms with Crippen molar-refractivity contribution in [3.05, 3.63) is 102 Å². The summed E-state index contributed by atoms with van der Waals surface area (Å²) in [6.45, 7) is 0.738. The molecule has 0 atom stereocenters. The monoisotopic (exact) mass is 374 g/mol. The molecule has 0 spiro atoms. The van der Waals surface area contributed by atoms with Crippen LogP contribution in [0.1, 0.15) is 34.1 Å². The summed E-state index contributed by atoms with van der Waals surface area (Å²) in [6, 6.07) is 29.0. The maximum absolute atomic E-state index is 7.41. The van der Waals surface area contributed by atoms with Crippen LogP contribution in [0.25, 0.3) is 11.1 Å². The largest absolute Gasteiger partial charge is 0.492 e. The van der Waals surface area contributed by atoms with Gasteiger partial charge in [-0.05, 0) is 60.4 Å². The molecule has 0 heterocycles. The zero-order valence-corrected chi connectivity index (χ0v) is 16.6. The molecule has 0 saturated heterocycles.